The first-order chi connectivity index (χ1) is 10.1. The molecule has 2 heterocycles. The van der Waals surface area contributed by atoms with Crippen LogP contribution in [-0.2, 0) is 13.5 Å². The van der Waals surface area contributed by atoms with E-state index in [1.54, 1.807) is 0 Å². The Labute approximate surface area is 124 Å². The van der Waals surface area contributed by atoms with Crippen molar-refractivity contribution in [3.8, 4) is 0 Å². The molecular weight excluding hydrogens is 294 g/mol. The third kappa shape index (κ3) is 2.31. The van der Waals surface area contributed by atoms with E-state index in [1.165, 1.54) is 6.33 Å². The summed E-state index contributed by atoms with van der Waals surface area (Å²) in [7, 11) is 1.86. The molecular formula is C13H10ClN5O2. The van der Waals surface area contributed by atoms with Crippen LogP contribution in [0.2, 0.25) is 5.15 Å². The highest BCUT2D eigenvalue weighted by Crippen LogP contribution is 2.26. The molecule has 0 radical (unpaired) electrons. The fraction of sp³-hybridized carbons (Fsp3) is 0.154. The molecule has 0 aliphatic heterocycles. The molecule has 1 aromatic carbocycles. The van der Waals surface area contributed by atoms with Crippen LogP contribution in [0.1, 0.15) is 11.5 Å². The number of nitro groups is 1. The lowest BCUT2D eigenvalue weighted by Crippen LogP contribution is -2.05. The van der Waals surface area contributed by atoms with Crippen LogP contribution in [-0.4, -0.2) is 24.4 Å². The summed E-state index contributed by atoms with van der Waals surface area (Å²) in [6.07, 6.45) is 1.43. The molecule has 21 heavy (non-hydrogen) atoms. The number of nitrogens with zero attached hydrogens (tertiary/aromatic N) is 5. The molecule has 3 rings (SSSR count). The van der Waals surface area contributed by atoms with Gasteiger partial charge in [-0.1, -0.05) is 23.7 Å². The van der Waals surface area contributed by atoms with Crippen molar-refractivity contribution in [1.29, 1.82) is 0 Å². The van der Waals surface area contributed by atoms with Gasteiger partial charge in [0.15, 0.2) is 0 Å². The van der Waals surface area contributed by atoms with Gasteiger partial charge in [-0.15, -0.1) is 0 Å². The molecule has 0 unspecified atom stereocenters. The first kappa shape index (κ1) is 13.4. The maximum absolute atomic E-state index is 11.1. The maximum atomic E-state index is 11.1. The van der Waals surface area contributed by atoms with Crippen molar-refractivity contribution in [3.05, 3.63) is 57.4 Å². The average molecular weight is 304 g/mol. The van der Waals surface area contributed by atoms with Gasteiger partial charge in [0.2, 0.25) is 5.15 Å². The summed E-state index contributed by atoms with van der Waals surface area (Å²) >= 11 is 5.79. The van der Waals surface area contributed by atoms with E-state index in [1.807, 2.05) is 35.9 Å². The number of aryl methyl sites for hydroxylation is 1. The van der Waals surface area contributed by atoms with E-state index < -0.39 is 4.92 Å². The van der Waals surface area contributed by atoms with E-state index >= 15 is 0 Å². The van der Waals surface area contributed by atoms with Gasteiger partial charge in [-0.2, -0.15) is 0 Å². The van der Waals surface area contributed by atoms with Gasteiger partial charge in [0.05, 0.1) is 22.4 Å². The quantitative estimate of drug-likeness (QED) is 0.421. The van der Waals surface area contributed by atoms with Crippen LogP contribution >= 0.6 is 11.6 Å². The van der Waals surface area contributed by atoms with Crippen molar-refractivity contribution in [1.82, 2.24) is 19.5 Å². The van der Waals surface area contributed by atoms with Gasteiger partial charge >= 0.3 is 5.69 Å². The second-order valence-corrected chi connectivity index (χ2v) is 4.83. The van der Waals surface area contributed by atoms with E-state index in [0.29, 0.717) is 5.82 Å². The van der Waals surface area contributed by atoms with E-state index in [0.717, 1.165) is 11.0 Å². The third-order valence-electron chi connectivity index (χ3n) is 3.24. The van der Waals surface area contributed by atoms with E-state index in [-0.39, 0.29) is 23.0 Å². The zero-order valence-electron chi connectivity index (χ0n) is 11.0. The molecule has 2 aromatic heterocycles. The molecule has 7 nitrogen and oxygen atoms in total. The van der Waals surface area contributed by atoms with Crippen molar-refractivity contribution in [2.75, 3.05) is 0 Å². The van der Waals surface area contributed by atoms with Crippen LogP contribution in [0.5, 0.6) is 0 Å². The first-order valence-electron chi connectivity index (χ1n) is 6.12. The summed E-state index contributed by atoms with van der Waals surface area (Å²) in [6, 6.07) is 7.63. The van der Waals surface area contributed by atoms with Gasteiger partial charge < -0.3 is 4.57 Å². The Morgan fingerprint density at radius 1 is 1.33 bits per heavy atom. The predicted octanol–water partition coefficient (Wildman–Crippen LogP) is 2.52. The van der Waals surface area contributed by atoms with Crippen molar-refractivity contribution in [2.24, 2.45) is 7.05 Å². The number of fused-ring (bicyclic) bond motifs is 1. The molecule has 0 aliphatic carbocycles. The second-order valence-electron chi connectivity index (χ2n) is 4.47. The molecule has 0 amide bonds. The summed E-state index contributed by atoms with van der Waals surface area (Å²) in [5, 5.41) is 10.9. The molecule has 0 aliphatic rings. The average Bonchev–Trinajstić information content (AvgIpc) is 2.76. The Bertz CT molecular complexity index is 846. The highest BCUT2D eigenvalue weighted by atomic mass is 35.5. The number of para-hydroxylation sites is 2. The molecule has 0 atom stereocenters. The van der Waals surface area contributed by atoms with E-state index in [9.17, 15) is 10.1 Å². The van der Waals surface area contributed by atoms with Gasteiger partial charge in [-0.05, 0) is 12.1 Å². The Morgan fingerprint density at radius 3 is 2.81 bits per heavy atom. The molecule has 8 heteroatoms. The summed E-state index contributed by atoms with van der Waals surface area (Å²) in [5.41, 5.74) is 1.76. The zero-order chi connectivity index (χ0) is 15.0. The Balaban J connectivity index is 2.09. The predicted molar refractivity (Wildman–Crippen MR) is 77.2 cm³/mol. The highest BCUT2D eigenvalue weighted by Gasteiger charge is 2.23. The van der Waals surface area contributed by atoms with Gasteiger partial charge in [0.1, 0.15) is 17.8 Å². The monoisotopic (exact) mass is 303 g/mol. The van der Waals surface area contributed by atoms with Crippen molar-refractivity contribution in [2.45, 2.75) is 6.42 Å². The van der Waals surface area contributed by atoms with Crippen LogP contribution in [0.3, 0.4) is 0 Å². The van der Waals surface area contributed by atoms with Crippen LogP contribution in [0.15, 0.2) is 30.6 Å². The molecule has 0 spiro atoms. The van der Waals surface area contributed by atoms with Crippen molar-refractivity contribution >= 4 is 28.3 Å². The summed E-state index contributed by atoms with van der Waals surface area (Å²) < 4.78 is 1.88. The largest absolute Gasteiger partial charge is 0.331 e. The molecule has 0 saturated heterocycles. The lowest BCUT2D eigenvalue weighted by molar-refractivity contribution is -0.386. The van der Waals surface area contributed by atoms with Crippen LogP contribution in [0, 0.1) is 10.1 Å². The topological polar surface area (TPSA) is 86.7 Å². The number of halogens is 1. The highest BCUT2D eigenvalue weighted by molar-refractivity contribution is 6.31. The molecule has 0 bridgehead atoms. The minimum Gasteiger partial charge on any atom is -0.331 e. The number of benzene rings is 1. The lowest BCUT2D eigenvalue weighted by atomic mass is 10.2. The lowest BCUT2D eigenvalue weighted by Gasteiger charge is -2.03. The smallest absolute Gasteiger partial charge is 0.328 e. The van der Waals surface area contributed by atoms with Crippen molar-refractivity contribution < 1.29 is 4.92 Å². The normalized spacial score (nSPS) is 11.0. The Morgan fingerprint density at radius 2 is 2.10 bits per heavy atom. The summed E-state index contributed by atoms with van der Waals surface area (Å²) in [6.45, 7) is 0. The number of rotatable bonds is 3. The summed E-state index contributed by atoms with van der Waals surface area (Å²) in [4.78, 5) is 22.6. The SMILES string of the molecule is Cn1c(Cc2ncnc(Cl)c2[N+](=O)[O-])nc2ccccc21. The number of hydrogen-bond acceptors (Lipinski definition) is 5. The van der Waals surface area contributed by atoms with Crippen LogP contribution in [0.4, 0.5) is 5.69 Å². The number of imidazole rings is 1. The van der Waals surface area contributed by atoms with Gasteiger partial charge in [0.25, 0.3) is 0 Å². The van der Waals surface area contributed by atoms with Crippen LogP contribution in [0.25, 0.3) is 11.0 Å². The van der Waals surface area contributed by atoms with Gasteiger partial charge in [0, 0.05) is 7.05 Å². The fourth-order valence-corrected chi connectivity index (χ4v) is 2.43. The standard InChI is InChI=1S/C13H10ClN5O2/c1-18-10-5-3-2-4-8(10)17-11(18)6-9-12(19(20)21)13(14)16-7-15-9/h2-5,7H,6H2,1H3. The number of aromatic nitrogens is 4. The van der Waals surface area contributed by atoms with Gasteiger partial charge in [-0.3, -0.25) is 10.1 Å². The zero-order valence-corrected chi connectivity index (χ0v) is 11.8. The van der Waals surface area contributed by atoms with Gasteiger partial charge in [-0.25, -0.2) is 15.0 Å². The minimum absolute atomic E-state index is 0.163. The molecule has 0 saturated carbocycles. The van der Waals surface area contributed by atoms with Crippen LogP contribution < -0.4 is 0 Å². The molecule has 3 aromatic rings. The van der Waals surface area contributed by atoms with E-state index in [2.05, 4.69) is 15.0 Å². The molecule has 0 fully saturated rings. The third-order valence-corrected chi connectivity index (χ3v) is 3.52. The molecule has 0 N–H and O–H groups in total. The van der Waals surface area contributed by atoms with Crippen molar-refractivity contribution in [3.63, 3.8) is 0 Å². The molecule has 106 valence electrons. The maximum Gasteiger partial charge on any atom is 0.328 e. The number of hydrogen-bond donors (Lipinski definition) is 0. The van der Waals surface area contributed by atoms with E-state index in [4.69, 9.17) is 11.6 Å². The minimum atomic E-state index is -0.569. The Hall–Kier alpha value is -2.54. The summed E-state index contributed by atoms with van der Waals surface area (Å²) in [5.74, 6) is 0.675. The Kier molecular flexibility index (Phi) is 3.26. The second kappa shape index (κ2) is 5.10. The fourth-order valence-electron chi connectivity index (χ4n) is 2.20. The first-order valence-corrected chi connectivity index (χ1v) is 6.50.